The Morgan fingerprint density at radius 2 is 2.09 bits per heavy atom. The van der Waals surface area contributed by atoms with Gasteiger partial charge in [-0.15, -0.1) is 11.8 Å². The Bertz CT molecular complexity index is 689. The van der Waals surface area contributed by atoms with Crippen molar-refractivity contribution in [2.45, 2.75) is 50.5 Å². The molecule has 4 nitrogen and oxygen atoms in total. The summed E-state index contributed by atoms with van der Waals surface area (Å²) in [6, 6.07) is 8.65. The zero-order valence-electron chi connectivity index (χ0n) is 13.7. The maximum Gasteiger partial charge on any atom is 0.235 e. The normalized spacial score (nSPS) is 15.0. The third-order valence-electron chi connectivity index (χ3n) is 4.30. The van der Waals surface area contributed by atoms with E-state index in [4.69, 9.17) is 0 Å². The molecular formula is C18H23N3OS. The van der Waals surface area contributed by atoms with E-state index in [2.05, 4.69) is 42.5 Å². The van der Waals surface area contributed by atoms with Gasteiger partial charge in [-0.3, -0.25) is 4.79 Å². The quantitative estimate of drug-likeness (QED) is 0.830. The number of thioether (sulfide) groups is 1. The summed E-state index contributed by atoms with van der Waals surface area (Å²) < 4.78 is 1.98. The highest BCUT2D eigenvalue weighted by molar-refractivity contribution is 8.00. The Labute approximate surface area is 141 Å². The van der Waals surface area contributed by atoms with Crippen molar-refractivity contribution in [1.29, 1.82) is 0 Å². The van der Waals surface area contributed by atoms with Crippen molar-refractivity contribution in [2.75, 3.05) is 11.1 Å². The number of rotatable bonds is 5. The number of nitrogens with one attached hydrogen (secondary N) is 1. The van der Waals surface area contributed by atoms with E-state index >= 15 is 0 Å². The minimum atomic E-state index is 0.0229. The first kappa shape index (κ1) is 16.1. The van der Waals surface area contributed by atoms with E-state index in [9.17, 15) is 4.79 Å². The van der Waals surface area contributed by atoms with E-state index in [1.165, 1.54) is 24.0 Å². The van der Waals surface area contributed by atoms with Crippen molar-refractivity contribution < 1.29 is 4.79 Å². The van der Waals surface area contributed by atoms with Gasteiger partial charge in [0.1, 0.15) is 5.82 Å². The second-order valence-corrected chi connectivity index (χ2v) is 7.22. The van der Waals surface area contributed by atoms with Gasteiger partial charge in [-0.1, -0.05) is 30.5 Å². The van der Waals surface area contributed by atoms with Crippen molar-refractivity contribution in [1.82, 2.24) is 9.78 Å². The number of amides is 1. The highest BCUT2D eigenvalue weighted by Crippen LogP contribution is 2.31. The smallest absolute Gasteiger partial charge is 0.235 e. The van der Waals surface area contributed by atoms with E-state index in [-0.39, 0.29) is 5.91 Å². The highest BCUT2D eigenvalue weighted by Gasteiger charge is 2.20. The molecule has 5 heteroatoms. The Hall–Kier alpha value is -1.75. The summed E-state index contributed by atoms with van der Waals surface area (Å²) in [6.45, 7) is 4.17. The third kappa shape index (κ3) is 3.96. The van der Waals surface area contributed by atoms with Gasteiger partial charge in [0, 0.05) is 11.0 Å². The van der Waals surface area contributed by atoms with E-state index < -0.39 is 0 Å². The zero-order chi connectivity index (χ0) is 16.2. The minimum Gasteiger partial charge on any atom is -0.310 e. The van der Waals surface area contributed by atoms with Gasteiger partial charge in [-0.05, 0) is 38.3 Å². The lowest BCUT2D eigenvalue weighted by atomic mass is 10.2. The van der Waals surface area contributed by atoms with Crippen LogP contribution in [0.15, 0.2) is 35.4 Å². The number of carbonyl (C=O) groups excluding carboxylic acids is 1. The molecule has 1 heterocycles. The Balaban J connectivity index is 1.58. The van der Waals surface area contributed by atoms with Gasteiger partial charge in [0.05, 0.1) is 18.0 Å². The van der Waals surface area contributed by atoms with E-state index in [0.717, 1.165) is 23.6 Å². The summed E-state index contributed by atoms with van der Waals surface area (Å²) in [4.78, 5) is 13.4. The van der Waals surface area contributed by atoms with Crippen molar-refractivity contribution in [2.24, 2.45) is 0 Å². The summed E-state index contributed by atoms with van der Waals surface area (Å²) in [6.07, 6.45) is 6.58. The molecule has 1 N–H and O–H groups in total. The lowest BCUT2D eigenvalue weighted by Gasteiger charge is -2.14. The molecule has 0 bridgehead atoms. The Kier molecular flexibility index (Phi) is 5.06. The van der Waals surface area contributed by atoms with Gasteiger partial charge in [-0.2, -0.15) is 5.10 Å². The number of nitrogens with zero attached hydrogens (tertiary/aromatic N) is 2. The third-order valence-corrected chi connectivity index (χ3v) is 5.47. The number of benzene rings is 1. The highest BCUT2D eigenvalue weighted by atomic mass is 32.2. The first-order valence-corrected chi connectivity index (χ1v) is 9.15. The van der Waals surface area contributed by atoms with Crippen LogP contribution in [0, 0.1) is 13.8 Å². The fraction of sp³-hybridized carbons (Fsp3) is 0.444. The first-order valence-electron chi connectivity index (χ1n) is 8.17. The average Bonchev–Trinajstić information content (AvgIpc) is 3.17. The lowest BCUT2D eigenvalue weighted by Crippen LogP contribution is -2.19. The summed E-state index contributed by atoms with van der Waals surface area (Å²) in [7, 11) is 0. The zero-order valence-corrected chi connectivity index (χ0v) is 14.5. The molecule has 1 aromatic carbocycles. The lowest BCUT2D eigenvalue weighted by molar-refractivity contribution is -0.113. The van der Waals surface area contributed by atoms with Crippen LogP contribution in [0.25, 0.3) is 0 Å². The summed E-state index contributed by atoms with van der Waals surface area (Å²) in [5.41, 5.74) is 2.47. The average molecular weight is 329 g/mol. The topological polar surface area (TPSA) is 46.9 Å². The predicted molar refractivity (Wildman–Crippen MR) is 95.0 cm³/mol. The van der Waals surface area contributed by atoms with Crippen LogP contribution in [0.5, 0.6) is 0 Å². The summed E-state index contributed by atoms with van der Waals surface area (Å²) in [5.74, 6) is 1.26. The van der Waals surface area contributed by atoms with Crippen molar-refractivity contribution in [3.8, 4) is 0 Å². The van der Waals surface area contributed by atoms with Crippen LogP contribution in [-0.4, -0.2) is 21.4 Å². The van der Waals surface area contributed by atoms with Crippen LogP contribution in [0.1, 0.15) is 42.9 Å². The van der Waals surface area contributed by atoms with Gasteiger partial charge in [-0.25, -0.2) is 4.68 Å². The number of aromatic nitrogens is 2. The SMILES string of the molecule is Cc1ccc(SCC(=O)Nc2ccnn2C2CCCC2)c(C)c1. The fourth-order valence-corrected chi connectivity index (χ4v) is 3.95. The Morgan fingerprint density at radius 3 is 2.83 bits per heavy atom. The molecule has 3 rings (SSSR count). The molecule has 23 heavy (non-hydrogen) atoms. The molecule has 0 spiro atoms. The number of anilines is 1. The van der Waals surface area contributed by atoms with Gasteiger partial charge in [0.2, 0.25) is 5.91 Å². The van der Waals surface area contributed by atoms with Crippen molar-refractivity contribution in [3.63, 3.8) is 0 Å². The van der Waals surface area contributed by atoms with Gasteiger partial charge >= 0.3 is 0 Å². The molecule has 0 radical (unpaired) electrons. The molecule has 0 saturated heterocycles. The fourth-order valence-electron chi connectivity index (χ4n) is 3.14. The van der Waals surface area contributed by atoms with Crippen LogP contribution in [-0.2, 0) is 4.79 Å². The number of aryl methyl sites for hydroxylation is 2. The van der Waals surface area contributed by atoms with Crippen LogP contribution in [0.2, 0.25) is 0 Å². The molecular weight excluding hydrogens is 306 g/mol. The first-order chi connectivity index (χ1) is 11.1. The van der Waals surface area contributed by atoms with E-state index in [0.29, 0.717) is 11.8 Å². The van der Waals surface area contributed by atoms with E-state index in [1.54, 1.807) is 18.0 Å². The second kappa shape index (κ2) is 7.21. The van der Waals surface area contributed by atoms with Gasteiger partial charge in [0.25, 0.3) is 0 Å². The Morgan fingerprint density at radius 1 is 1.30 bits per heavy atom. The molecule has 0 aliphatic heterocycles. The number of hydrogen-bond acceptors (Lipinski definition) is 3. The van der Waals surface area contributed by atoms with Crippen LogP contribution in [0.3, 0.4) is 0 Å². The number of hydrogen-bond donors (Lipinski definition) is 1. The monoisotopic (exact) mass is 329 g/mol. The maximum absolute atomic E-state index is 12.3. The van der Waals surface area contributed by atoms with Crippen molar-refractivity contribution >= 4 is 23.5 Å². The van der Waals surface area contributed by atoms with Crippen molar-refractivity contribution in [3.05, 3.63) is 41.6 Å². The van der Waals surface area contributed by atoms with Crippen LogP contribution in [0.4, 0.5) is 5.82 Å². The van der Waals surface area contributed by atoms with Crippen LogP contribution < -0.4 is 5.32 Å². The molecule has 1 fully saturated rings. The number of carbonyl (C=O) groups is 1. The summed E-state index contributed by atoms with van der Waals surface area (Å²) in [5, 5.41) is 7.40. The molecule has 1 saturated carbocycles. The standard InChI is InChI=1S/C18H23N3OS/c1-13-7-8-16(14(2)11-13)23-12-18(22)20-17-9-10-19-21(17)15-5-3-4-6-15/h7-11,15H,3-6,12H2,1-2H3,(H,20,22). The van der Waals surface area contributed by atoms with Crippen LogP contribution >= 0.6 is 11.8 Å². The van der Waals surface area contributed by atoms with E-state index in [1.807, 2.05) is 10.7 Å². The summed E-state index contributed by atoms with van der Waals surface area (Å²) >= 11 is 1.58. The molecule has 1 aliphatic carbocycles. The molecule has 0 atom stereocenters. The van der Waals surface area contributed by atoms with Gasteiger partial charge < -0.3 is 5.32 Å². The predicted octanol–water partition coefficient (Wildman–Crippen LogP) is 4.35. The molecule has 1 aliphatic rings. The maximum atomic E-state index is 12.3. The largest absolute Gasteiger partial charge is 0.310 e. The molecule has 2 aromatic rings. The molecule has 1 aromatic heterocycles. The van der Waals surface area contributed by atoms with Gasteiger partial charge in [0.15, 0.2) is 0 Å². The second-order valence-electron chi connectivity index (χ2n) is 6.21. The molecule has 122 valence electrons. The molecule has 0 unspecified atom stereocenters. The molecule has 1 amide bonds. The minimum absolute atomic E-state index is 0.0229.